The number of para-hydroxylation sites is 1. The molecule has 1 aliphatic heterocycles. The second-order valence-electron chi connectivity index (χ2n) is 6.80. The minimum atomic E-state index is 0.0996. The number of ether oxygens (including phenoxy) is 1. The first-order valence-electron chi connectivity index (χ1n) is 9.47. The van der Waals surface area contributed by atoms with Crippen LogP contribution in [-0.2, 0) is 16.1 Å². The number of hydrogen-bond donors (Lipinski definition) is 1. The van der Waals surface area contributed by atoms with E-state index in [1.165, 1.54) is 15.8 Å². The summed E-state index contributed by atoms with van der Waals surface area (Å²) in [5.74, 6) is 0.0996. The van der Waals surface area contributed by atoms with Crippen molar-refractivity contribution in [3.63, 3.8) is 0 Å². The zero-order chi connectivity index (χ0) is 18.5. The van der Waals surface area contributed by atoms with Gasteiger partial charge in [0.25, 0.3) is 0 Å². The highest BCUT2D eigenvalue weighted by atomic mass is 32.1. The predicted molar refractivity (Wildman–Crippen MR) is 109 cm³/mol. The molecular weight excluding hydrogens is 358 g/mol. The number of benzene rings is 1. The van der Waals surface area contributed by atoms with Gasteiger partial charge in [0.1, 0.15) is 0 Å². The molecule has 6 heteroatoms. The Kier molecular flexibility index (Phi) is 5.87. The summed E-state index contributed by atoms with van der Waals surface area (Å²) >= 11 is 1.75. The zero-order valence-electron chi connectivity index (χ0n) is 15.3. The Morgan fingerprint density at radius 3 is 2.81 bits per heavy atom. The third-order valence-electron chi connectivity index (χ3n) is 5.11. The van der Waals surface area contributed by atoms with Crippen molar-refractivity contribution in [2.24, 2.45) is 0 Å². The molecule has 5 nitrogen and oxygen atoms in total. The number of thiophene rings is 1. The van der Waals surface area contributed by atoms with E-state index < -0.39 is 0 Å². The summed E-state index contributed by atoms with van der Waals surface area (Å²) in [5, 5.41) is 6.46. The van der Waals surface area contributed by atoms with E-state index in [1.54, 1.807) is 11.3 Å². The van der Waals surface area contributed by atoms with Crippen LogP contribution in [0.4, 0.5) is 0 Å². The molecule has 0 spiro atoms. The molecule has 1 fully saturated rings. The van der Waals surface area contributed by atoms with Gasteiger partial charge in [0.2, 0.25) is 5.91 Å². The standard InChI is InChI=1S/C21H25N3O2S/c25-21(8-10-23-9-7-17-4-1-2-5-18(17)23)22-16-19(20-6-3-15-27-20)24-11-13-26-14-12-24/h1-7,9,15,19H,8,10-14,16H2,(H,22,25). The summed E-state index contributed by atoms with van der Waals surface area (Å²) in [4.78, 5) is 16.2. The fraction of sp³-hybridized carbons (Fsp3) is 0.381. The SMILES string of the molecule is O=C(CCn1ccc2ccccc21)NCC(c1cccs1)N1CCOCC1. The summed E-state index contributed by atoms with van der Waals surface area (Å²) < 4.78 is 7.63. The molecule has 1 aliphatic rings. The minimum absolute atomic E-state index is 0.0996. The Hall–Kier alpha value is -2.15. The quantitative estimate of drug-likeness (QED) is 0.681. The molecule has 1 amide bonds. The van der Waals surface area contributed by atoms with Gasteiger partial charge in [-0.3, -0.25) is 9.69 Å². The molecule has 0 bridgehead atoms. The van der Waals surface area contributed by atoms with E-state index in [2.05, 4.69) is 56.7 Å². The molecule has 3 aromatic rings. The number of carbonyl (C=O) groups excluding carboxylic acids is 1. The van der Waals surface area contributed by atoms with E-state index in [-0.39, 0.29) is 11.9 Å². The van der Waals surface area contributed by atoms with E-state index in [1.807, 2.05) is 12.1 Å². The Morgan fingerprint density at radius 1 is 1.15 bits per heavy atom. The van der Waals surface area contributed by atoms with Gasteiger partial charge in [0, 0.05) is 49.2 Å². The van der Waals surface area contributed by atoms with Gasteiger partial charge in [-0.15, -0.1) is 11.3 Å². The highest BCUT2D eigenvalue weighted by molar-refractivity contribution is 7.10. The van der Waals surface area contributed by atoms with Crippen molar-refractivity contribution in [1.82, 2.24) is 14.8 Å². The van der Waals surface area contributed by atoms with Gasteiger partial charge in [-0.25, -0.2) is 0 Å². The predicted octanol–water partition coefficient (Wildman–Crippen LogP) is 3.28. The summed E-state index contributed by atoms with van der Waals surface area (Å²) in [6.07, 6.45) is 2.54. The molecule has 0 saturated carbocycles. The average Bonchev–Trinajstić information content (AvgIpc) is 3.38. The Labute approximate surface area is 163 Å². The van der Waals surface area contributed by atoms with E-state index in [9.17, 15) is 4.79 Å². The second kappa shape index (κ2) is 8.69. The lowest BCUT2D eigenvalue weighted by Gasteiger charge is -2.34. The normalized spacial score (nSPS) is 16.4. The fourth-order valence-electron chi connectivity index (χ4n) is 3.64. The number of fused-ring (bicyclic) bond motifs is 1. The molecule has 2 aromatic heterocycles. The number of nitrogens with one attached hydrogen (secondary N) is 1. The van der Waals surface area contributed by atoms with E-state index in [4.69, 9.17) is 4.74 Å². The third-order valence-corrected chi connectivity index (χ3v) is 6.08. The number of aryl methyl sites for hydroxylation is 1. The summed E-state index contributed by atoms with van der Waals surface area (Å²) in [7, 11) is 0. The van der Waals surface area contributed by atoms with Gasteiger partial charge in [0.05, 0.1) is 19.3 Å². The maximum Gasteiger partial charge on any atom is 0.221 e. The van der Waals surface area contributed by atoms with Crippen molar-refractivity contribution in [3.8, 4) is 0 Å². The number of aromatic nitrogens is 1. The van der Waals surface area contributed by atoms with Crippen LogP contribution >= 0.6 is 11.3 Å². The van der Waals surface area contributed by atoms with E-state index in [0.29, 0.717) is 19.5 Å². The van der Waals surface area contributed by atoms with Gasteiger partial charge in [-0.1, -0.05) is 24.3 Å². The highest BCUT2D eigenvalue weighted by Crippen LogP contribution is 2.25. The van der Waals surface area contributed by atoms with Crippen LogP contribution in [0.1, 0.15) is 17.3 Å². The van der Waals surface area contributed by atoms with Crippen molar-refractivity contribution in [3.05, 3.63) is 58.9 Å². The molecule has 1 saturated heterocycles. The van der Waals surface area contributed by atoms with Crippen molar-refractivity contribution in [1.29, 1.82) is 0 Å². The van der Waals surface area contributed by atoms with Gasteiger partial charge >= 0.3 is 0 Å². The van der Waals surface area contributed by atoms with Crippen molar-refractivity contribution >= 4 is 28.1 Å². The number of amides is 1. The molecule has 142 valence electrons. The number of hydrogen-bond acceptors (Lipinski definition) is 4. The van der Waals surface area contributed by atoms with Gasteiger partial charge in [0.15, 0.2) is 0 Å². The van der Waals surface area contributed by atoms with Crippen molar-refractivity contribution in [2.75, 3.05) is 32.8 Å². The number of nitrogens with zero attached hydrogens (tertiary/aromatic N) is 2. The lowest BCUT2D eigenvalue weighted by molar-refractivity contribution is -0.121. The molecule has 0 aliphatic carbocycles. The first kappa shape index (κ1) is 18.2. The Bertz CT molecular complexity index is 869. The van der Waals surface area contributed by atoms with Crippen molar-refractivity contribution < 1.29 is 9.53 Å². The molecule has 4 rings (SSSR count). The van der Waals surface area contributed by atoms with Crippen LogP contribution in [0.3, 0.4) is 0 Å². The van der Waals surface area contributed by atoms with Gasteiger partial charge < -0.3 is 14.6 Å². The van der Waals surface area contributed by atoms with Crippen LogP contribution in [-0.4, -0.2) is 48.2 Å². The molecule has 1 N–H and O–H groups in total. The van der Waals surface area contributed by atoms with Crippen LogP contribution in [0.5, 0.6) is 0 Å². The van der Waals surface area contributed by atoms with Crippen LogP contribution in [0.25, 0.3) is 10.9 Å². The summed E-state index contributed by atoms with van der Waals surface area (Å²) in [6.45, 7) is 4.68. The lowest BCUT2D eigenvalue weighted by Crippen LogP contribution is -2.43. The first-order chi connectivity index (χ1) is 13.3. The largest absolute Gasteiger partial charge is 0.379 e. The maximum atomic E-state index is 12.5. The molecule has 3 heterocycles. The van der Waals surface area contributed by atoms with Crippen LogP contribution in [0.15, 0.2) is 54.0 Å². The maximum absolute atomic E-state index is 12.5. The van der Waals surface area contributed by atoms with Gasteiger partial charge in [-0.05, 0) is 29.0 Å². The third kappa shape index (κ3) is 4.40. The summed E-state index contributed by atoms with van der Waals surface area (Å²) in [6, 6.07) is 14.8. The van der Waals surface area contributed by atoms with Crippen LogP contribution in [0.2, 0.25) is 0 Å². The first-order valence-corrected chi connectivity index (χ1v) is 10.3. The molecular formula is C21H25N3O2S. The van der Waals surface area contributed by atoms with Crippen LogP contribution in [0, 0.1) is 0 Å². The summed E-state index contributed by atoms with van der Waals surface area (Å²) in [5.41, 5.74) is 1.18. The number of morpholine rings is 1. The minimum Gasteiger partial charge on any atom is -0.379 e. The van der Waals surface area contributed by atoms with E-state index >= 15 is 0 Å². The Morgan fingerprint density at radius 2 is 2.00 bits per heavy atom. The zero-order valence-corrected chi connectivity index (χ0v) is 16.2. The molecule has 1 aromatic carbocycles. The Balaban J connectivity index is 1.34. The fourth-order valence-corrected chi connectivity index (χ4v) is 4.50. The number of rotatable bonds is 7. The molecule has 0 radical (unpaired) electrons. The molecule has 1 unspecified atom stereocenters. The van der Waals surface area contributed by atoms with Crippen LogP contribution < -0.4 is 5.32 Å². The van der Waals surface area contributed by atoms with Crippen molar-refractivity contribution in [2.45, 2.75) is 19.0 Å². The highest BCUT2D eigenvalue weighted by Gasteiger charge is 2.23. The molecule has 1 atom stereocenters. The average molecular weight is 384 g/mol. The van der Waals surface area contributed by atoms with Gasteiger partial charge in [-0.2, -0.15) is 0 Å². The second-order valence-corrected chi connectivity index (χ2v) is 7.78. The van der Waals surface area contributed by atoms with E-state index in [0.717, 1.165) is 26.3 Å². The monoisotopic (exact) mass is 383 g/mol. The number of carbonyl (C=O) groups is 1. The smallest absolute Gasteiger partial charge is 0.221 e. The molecule has 27 heavy (non-hydrogen) atoms. The topological polar surface area (TPSA) is 46.5 Å². The lowest BCUT2D eigenvalue weighted by atomic mass is 10.2.